The van der Waals surface area contributed by atoms with Gasteiger partial charge in [0.25, 0.3) is 0 Å². The van der Waals surface area contributed by atoms with Crippen LogP contribution in [0.1, 0.15) is 36.5 Å². The lowest BCUT2D eigenvalue weighted by Crippen LogP contribution is -2.08. The summed E-state index contributed by atoms with van der Waals surface area (Å²) in [5.74, 6) is 0.671. The van der Waals surface area contributed by atoms with Crippen LogP contribution in [0.25, 0.3) is 10.9 Å². The summed E-state index contributed by atoms with van der Waals surface area (Å²) < 4.78 is 0. The Morgan fingerprint density at radius 1 is 1.26 bits per heavy atom. The van der Waals surface area contributed by atoms with Crippen molar-refractivity contribution in [1.82, 2.24) is 4.98 Å². The third kappa shape index (κ3) is 3.38. The normalized spacial score (nSPS) is 12.5. The number of pyridine rings is 1. The molecule has 0 aliphatic rings. The van der Waals surface area contributed by atoms with Crippen LogP contribution in [0.5, 0.6) is 0 Å². The minimum absolute atomic E-state index is 0.174. The smallest absolute Gasteiger partial charge is 0.165 e. The Labute approximate surface area is 113 Å². The summed E-state index contributed by atoms with van der Waals surface area (Å²) in [6, 6.07) is 9.64. The van der Waals surface area contributed by atoms with Crippen LogP contribution >= 0.6 is 0 Å². The molecule has 0 aliphatic heterocycles. The van der Waals surface area contributed by atoms with Gasteiger partial charge < -0.3 is 5.73 Å². The Kier molecular flexibility index (Phi) is 4.63. The van der Waals surface area contributed by atoms with Gasteiger partial charge in [-0.2, -0.15) is 0 Å². The molecule has 2 rings (SSSR count). The van der Waals surface area contributed by atoms with Crippen LogP contribution in [0.15, 0.2) is 36.5 Å². The number of hydrogen-bond donors (Lipinski definition) is 1. The molecule has 0 aliphatic carbocycles. The van der Waals surface area contributed by atoms with Gasteiger partial charge in [-0.25, -0.2) is 0 Å². The van der Waals surface area contributed by atoms with E-state index >= 15 is 0 Å². The second-order valence-corrected chi connectivity index (χ2v) is 5.03. The standard InChI is InChI=1S/C16H20N2O/c1-12(9-10-17)7-8-15(19)14-6-2-4-13-5-3-11-18-16(13)14/h2-6,11-12H,7-10,17H2,1H3. The molecule has 0 saturated carbocycles. The fourth-order valence-electron chi connectivity index (χ4n) is 2.27. The van der Waals surface area contributed by atoms with Crippen molar-refractivity contribution >= 4 is 16.7 Å². The molecule has 1 unspecified atom stereocenters. The SMILES string of the molecule is CC(CCN)CCC(=O)c1cccc2cccnc12. The highest BCUT2D eigenvalue weighted by molar-refractivity contribution is 6.06. The van der Waals surface area contributed by atoms with E-state index in [9.17, 15) is 4.79 Å². The molecule has 0 radical (unpaired) electrons. The van der Waals surface area contributed by atoms with Crippen molar-refractivity contribution in [2.75, 3.05) is 6.54 Å². The average Bonchev–Trinajstić information content (AvgIpc) is 2.44. The molecule has 0 amide bonds. The van der Waals surface area contributed by atoms with Crippen molar-refractivity contribution in [2.24, 2.45) is 11.7 Å². The number of nitrogens with two attached hydrogens (primary N) is 1. The molecule has 3 heteroatoms. The van der Waals surface area contributed by atoms with Crippen molar-refractivity contribution in [3.8, 4) is 0 Å². The third-order valence-corrected chi connectivity index (χ3v) is 3.46. The summed E-state index contributed by atoms with van der Waals surface area (Å²) in [6.45, 7) is 2.83. The maximum atomic E-state index is 12.3. The summed E-state index contributed by atoms with van der Waals surface area (Å²) in [5.41, 5.74) is 7.07. The number of aromatic nitrogens is 1. The molecule has 1 heterocycles. The quantitative estimate of drug-likeness (QED) is 0.807. The molecule has 19 heavy (non-hydrogen) atoms. The molecule has 0 bridgehead atoms. The molecular weight excluding hydrogens is 236 g/mol. The van der Waals surface area contributed by atoms with E-state index in [2.05, 4.69) is 11.9 Å². The van der Waals surface area contributed by atoms with Gasteiger partial charge in [0.05, 0.1) is 5.52 Å². The number of carbonyl (C=O) groups is 1. The van der Waals surface area contributed by atoms with Gasteiger partial charge in [0, 0.05) is 23.6 Å². The largest absolute Gasteiger partial charge is 0.330 e. The highest BCUT2D eigenvalue weighted by Gasteiger charge is 2.12. The second kappa shape index (κ2) is 6.43. The first kappa shape index (κ1) is 13.7. The van der Waals surface area contributed by atoms with E-state index < -0.39 is 0 Å². The molecule has 2 N–H and O–H groups in total. The minimum Gasteiger partial charge on any atom is -0.330 e. The summed E-state index contributed by atoms with van der Waals surface area (Å²) in [5, 5.41) is 1.02. The number of hydrogen-bond acceptors (Lipinski definition) is 3. The number of fused-ring (bicyclic) bond motifs is 1. The lowest BCUT2D eigenvalue weighted by Gasteiger charge is -2.09. The van der Waals surface area contributed by atoms with Crippen molar-refractivity contribution in [3.05, 3.63) is 42.1 Å². The first-order valence-electron chi connectivity index (χ1n) is 6.79. The maximum absolute atomic E-state index is 12.3. The Morgan fingerprint density at radius 3 is 2.84 bits per heavy atom. The molecule has 0 spiro atoms. The Balaban J connectivity index is 2.13. The number of nitrogens with zero attached hydrogens (tertiary/aromatic N) is 1. The van der Waals surface area contributed by atoms with Crippen molar-refractivity contribution < 1.29 is 4.79 Å². The van der Waals surface area contributed by atoms with Gasteiger partial charge in [0.1, 0.15) is 0 Å². The average molecular weight is 256 g/mol. The molecule has 1 aromatic carbocycles. The van der Waals surface area contributed by atoms with Crippen molar-refractivity contribution in [3.63, 3.8) is 0 Å². The van der Waals surface area contributed by atoms with Gasteiger partial charge in [-0.1, -0.05) is 25.1 Å². The van der Waals surface area contributed by atoms with Crippen LogP contribution in [0.3, 0.4) is 0 Å². The van der Waals surface area contributed by atoms with Gasteiger partial charge in [-0.05, 0) is 37.4 Å². The minimum atomic E-state index is 0.174. The number of para-hydroxylation sites is 1. The van der Waals surface area contributed by atoms with Crippen LogP contribution in [0.4, 0.5) is 0 Å². The molecule has 0 fully saturated rings. The number of carbonyl (C=O) groups excluding carboxylic acids is 1. The number of rotatable bonds is 6. The van der Waals surface area contributed by atoms with Crippen molar-refractivity contribution in [1.29, 1.82) is 0 Å². The molecule has 3 nitrogen and oxygen atoms in total. The van der Waals surface area contributed by atoms with E-state index in [1.165, 1.54) is 0 Å². The van der Waals surface area contributed by atoms with Gasteiger partial charge in [-0.3, -0.25) is 9.78 Å². The fraction of sp³-hybridized carbons (Fsp3) is 0.375. The van der Waals surface area contributed by atoms with Gasteiger partial charge >= 0.3 is 0 Å². The van der Waals surface area contributed by atoms with Crippen LogP contribution in [-0.4, -0.2) is 17.3 Å². The predicted molar refractivity (Wildman–Crippen MR) is 78.1 cm³/mol. The van der Waals surface area contributed by atoms with Crippen LogP contribution in [-0.2, 0) is 0 Å². The summed E-state index contributed by atoms with van der Waals surface area (Å²) in [4.78, 5) is 16.6. The lowest BCUT2D eigenvalue weighted by atomic mass is 9.96. The lowest BCUT2D eigenvalue weighted by molar-refractivity contribution is 0.0975. The van der Waals surface area contributed by atoms with Crippen LogP contribution in [0, 0.1) is 5.92 Å². The monoisotopic (exact) mass is 256 g/mol. The van der Waals surface area contributed by atoms with Crippen molar-refractivity contribution in [2.45, 2.75) is 26.2 Å². The number of ketones is 1. The Hall–Kier alpha value is -1.74. The zero-order valence-electron chi connectivity index (χ0n) is 11.3. The highest BCUT2D eigenvalue weighted by Crippen LogP contribution is 2.19. The summed E-state index contributed by atoms with van der Waals surface area (Å²) in [6.07, 6.45) is 4.16. The van der Waals surface area contributed by atoms with Gasteiger partial charge in [-0.15, -0.1) is 0 Å². The van der Waals surface area contributed by atoms with E-state index in [0.717, 1.165) is 29.3 Å². The summed E-state index contributed by atoms with van der Waals surface area (Å²) in [7, 11) is 0. The van der Waals surface area contributed by atoms with E-state index in [0.29, 0.717) is 18.9 Å². The molecule has 1 aromatic heterocycles. The molecule has 100 valence electrons. The zero-order valence-corrected chi connectivity index (χ0v) is 11.3. The first-order chi connectivity index (χ1) is 9.22. The van der Waals surface area contributed by atoms with E-state index in [1.807, 2.05) is 30.3 Å². The van der Waals surface area contributed by atoms with E-state index in [-0.39, 0.29) is 5.78 Å². The second-order valence-electron chi connectivity index (χ2n) is 5.03. The summed E-state index contributed by atoms with van der Waals surface area (Å²) >= 11 is 0. The molecule has 0 saturated heterocycles. The van der Waals surface area contributed by atoms with Crippen LogP contribution in [0.2, 0.25) is 0 Å². The number of Topliss-reactive ketones (excluding diaryl/α,β-unsaturated/α-hetero) is 1. The highest BCUT2D eigenvalue weighted by atomic mass is 16.1. The maximum Gasteiger partial charge on any atom is 0.165 e. The van der Waals surface area contributed by atoms with E-state index in [1.54, 1.807) is 6.20 Å². The zero-order chi connectivity index (χ0) is 13.7. The Morgan fingerprint density at radius 2 is 2.05 bits per heavy atom. The fourth-order valence-corrected chi connectivity index (χ4v) is 2.27. The molecule has 2 aromatic rings. The molecular formula is C16H20N2O. The van der Waals surface area contributed by atoms with Gasteiger partial charge in [0.15, 0.2) is 5.78 Å². The Bertz CT molecular complexity index is 560. The van der Waals surface area contributed by atoms with Gasteiger partial charge in [0.2, 0.25) is 0 Å². The predicted octanol–water partition coefficient (Wildman–Crippen LogP) is 3.18. The number of benzene rings is 1. The van der Waals surface area contributed by atoms with Crippen LogP contribution < -0.4 is 5.73 Å². The first-order valence-corrected chi connectivity index (χ1v) is 6.79. The topological polar surface area (TPSA) is 56.0 Å². The third-order valence-electron chi connectivity index (χ3n) is 3.46. The molecule has 1 atom stereocenters. The van der Waals surface area contributed by atoms with E-state index in [4.69, 9.17) is 5.73 Å².